The largest absolute Gasteiger partial charge is 0.389 e. The van der Waals surface area contributed by atoms with E-state index in [0.717, 1.165) is 12.3 Å². The molecule has 2 aliphatic rings. The van der Waals surface area contributed by atoms with Crippen LogP contribution in [0.1, 0.15) is 81.1 Å². The molecule has 2 rings (SSSR count). The Morgan fingerprint density at radius 1 is 1.17 bits per heavy atom. The van der Waals surface area contributed by atoms with Crippen LogP contribution in [0.25, 0.3) is 0 Å². The van der Waals surface area contributed by atoms with Crippen molar-refractivity contribution < 1.29 is 9.84 Å². The lowest BCUT2D eigenvalue weighted by Gasteiger charge is -2.39. The Morgan fingerprint density at radius 3 is 2.25 bits per heavy atom. The molecule has 3 heteroatoms. The van der Waals surface area contributed by atoms with Gasteiger partial charge in [0.2, 0.25) is 0 Å². The molecule has 0 spiro atoms. The summed E-state index contributed by atoms with van der Waals surface area (Å²) in [6, 6.07) is 0. The molecule has 24 heavy (non-hydrogen) atoms. The lowest BCUT2D eigenvalue weighted by atomic mass is 9.70. The molecule has 2 saturated carbocycles. The summed E-state index contributed by atoms with van der Waals surface area (Å²) in [7, 11) is 0. The van der Waals surface area contributed by atoms with Crippen molar-refractivity contribution in [1.29, 1.82) is 0 Å². The van der Waals surface area contributed by atoms with E-state index in [0.29, 0.717) is 24.7 Å². The summed E-state index contributed by atoms with van der Waals surface area (Å²) in [5.41, 5.74) is 0.951. The highest BCUT2D eigenvalue weighted by atomic mass is 16.5. The third-order valence-corrected chi connectivity index (χ3v) is 6.99. The van der Waals surface area contributed by atoms with Crippen LogP contribution in [-0.4, -0.2) is 36.0 Å². The van der Waals surface area contributed by atoms with Gasteiger partial charge in [0.1, 0.15) is 0 Å². The van der Waals surface area contributed by atoms with Crippen LogP contribution in [0, 0.1) is 22.2 Å². The quantitative estimate of drug-likeness (QED) is 0.723. The maximum Gasteiger partial charge on any atom is 0.0898 e. The lowest BCUT2D eigenvalue weighted by molar-refractivity contribution is -0.0750. The predicted octanol–water partition coefficient (Wildman–Crippen LogP) is 4.38. The fraction of sp³-hybridized carbons (Fsp3) is 1.00. The molecule has 0 aromatic rings. The van der Waals surface area contributed by atoms with Crippen LogP contribution in [0.2, 0.25) is 0 Å². The number of hydrogen-bond acceptors (Lipinski definition) is 3. The van der Waals surface area contributed by atoms with Crippen LogP contribution in [0.3, 0.4) is 0 Å². The molecule has 2 fully saturated rings. The molecule has 3 nitrogen and oxygen atoms in total. The fourth-order valence-electron chi connectivity index (χ4n) is 5.45. The van der Waals surface area contributed by atoms with Crippen molar-refractivity contribution in [3.05, 3.63) is 0 Å². The number of fused-ring (bicyclic) bond motifs is 2. The van der Waals surface area contributed by atoms with Gasteiger partial charge in [0, 0.05) is 12.1 Å². The maximum absolute atomic E-state index is 10.4. The Labute approximate surface area is 149 Å². The highest BCUT2D eigenvalue weighted by Gasteiger charge is 2.61. The molecular formula is C21H41NO2. The van der Waals surface area contributed by atoms with Crippen LogP contribution in [0.15, 0.2) is 0 Å². The van der Waals surface area contributed by atoms with Gasteiger partial charge >= 0.3 is 0 Å². The summed E-state index contributed by atoms with van der Waals surface area (Å²) in [6.07, 6.45) is 4.72. The molecule has 142 valence electrons. The summed E-state index contributed by atoms with van der Waals surface area (Å²) in [5.74, 6) is 0.786. The smallest absolute Gasteiger partial charge is 0.0898 e. The van der Waals surface area contributed by atoms with Gasteiger partial charge in [0.15, 0.2) is 0 Å². The van der Waals surface area contributed by atoms with Gasteiger partial charge < -0.3 is 15.2 Å². The number of β-amino-alcohol motifs (C(OH)–C–C–N with tert-alkyl or cyclic N) is 1. The standard InChI is InChI=1S/C21H41NO2/c1-18(2,3)14-19(4,5)22-12-16(23)13-24-17-11-15-9-10-21(17,8)20(15,6)7/h15-17,22-23H,9-14H2,1-8H3/t15-,16+,17+,21-/m1/s1. The molecule has 0 amide bonds. The molecule has 0 aliphatic heterocycles. The molecule has 2 bridgehead atoms. The maximum atomic E-state index is 10.4. The van der Waals surface area contributed by atoms with Gasteiger partial charge in [-0.05, 0) is 61.7 Å². The first-order valence-corrected chi connectivity index (χ1v) is 9.82. The monoisotopic (exact) mass is 339 g/mol. The van der Waals surface area contributed by atoms with Gasteiger partial charge in [-0.1, -0.05) is 41.5 Å². The zero-order valence-corrected chi connectivity index (χ0v) is 17.3. The highest BCUT2D eigenvalue weighted by Crippen LogP contribution is 2.66. The Balaban J connectivity index is 1.78. The van der Waals surface area contributed by atoms with E-state index in [4.69, 9.17) is 4.74 Å². The van der Waals surface area contributed by atoms with E-state index in [1.165, 1.54) is 19.3 Å². The van der Waals surface area contributed by atoms with Crippen molar-refractivity contribution in [2.24, 2.45) is 22.2 Å². The molecule has 4 atom stereocenters. The van der Waals surface area contributed by atoms with Crippen LogP contribution in [0.4, 0.5) is 0 Å². The van der Waals surface area contributed by atoms with Gasteiger partial charge in [-0.15, -0.1) is 0 Å². The number of nitrogens with one attached hydrogen (secondary N) is 1. The molecule has 0 heterocycles. The van der Waals surface area contributed by atoms with Crippen molar-refractivity contribution in [2.75, 3.05) is 13.2 Å². The third-order valence-electron chi connectivity index (χ3n) is 6.99. The van der Waals surface area contributed by atoms with Gasteiger partial charge in [-0.2, -0.15) is 0 Å². The van der Waals surface area contributed by atoms with E-state index in [9.17, 15) is 5.11 Å². The number of rotatable bonds is 7. The number of aliphatic hydroxyl groups is 1. The predicted molar refractivity (Wildman–Crippen MR) is 101 cm³/mol. The van der Waals surface area contributed by atoms with E-state index < -0.39 is 6.10 Å². The molecule has 0 radical (unpaired) electrons. The minimum absolute atomic E-state index is 0.0274. The van der Waals surface area contributed by atoms with Gasteiger partial charge in [0.05, 0.1) is 18.8 Å². The lowest BCUT2D eigenvalue weighted by Crippen LogP contribution is -2.47. The van der Waals surface area contributed by atoms with Crippen molar-refractivity contribution in [1.82, 2.24) is 5.32 Å². The summed E-state index contributed by atoms with van der Waals surface area (Å²) in [5, 5.41) is 13.9. The molecular weight excluding hydrogens is 298 g/mol. The minimum atomic E-state index is -0.435. The minimum Gasteiger partial charge on any atom is -0.389 e. The normalized spacial score (nSPS) is 33.9. The Bertz CT molecular complexity index is 438. The molecule has 0 aromatic heterocycles. The zero-order chi connectivity index (χ0) is 18.4. The second-order valence-electron chi connectivity index (χ2n) is 11.1. The summed E-state index contributed by atoms with van der Waals surface area (Å²) >= 11 is 0. The summed E-state index contributed by atoms with van der Waals surface area (Å²) in [6.45, 7) is 19.4. The SMILES string of the molecule is CC(C)(C)CC(C)(C)NC[C@H](O)CO[C@H]1C[C@H]2CC[C@@]1(C)C2(C)C. The first-order valence-electron chi connectivity index (χ1n) is 9.82. The van der Waals surface area contributed by atoms with E-state index in [-0.39, 0.29) is 16.4 Å². The van der Waals surface area contributed by atoms with Crippen molar-refractivity contribution in [3.8, 4) is 0 Å². The number of ether oxygens (including phenoxy) is 1. The first-order chi connectivity index (χ1) is 10.8. The third kappa shape index (κ3) is 4.16. The van der Waals surface area contributed by atoms with Gasteiger partial charge in [-0.3, -0.25) is 0 Å². The topological polar surface area (TPSA) is 41.5 Å². The Morgan fingerprint density at radius 2 is 1.79 bits per heavy atom. The average molecular weight is 340 g/mol. The first kappa shape index (κ1) is 20.2. The number of aliphatic hydroxyl groups excluding tert-OH is 1. The molecule has 2 N–H and O–H groups in total. The van der Waals surface area contributed by atoms with E-state index >= 15 is 0 Å². The summed E-state index contributed by atoms with van der Waals surface area (Å²) in [4.78, 5) is 0. The molecule has 0 saturated heterocycles. The fourth-order valence-corrected chi connectivity index (χ4v) is 5.45. The molecule has 0 unspecified atom stereocenters. The molecule has 2 aliphatic carbocycles. The van der Waals surface area contributed by atoms with Gasteiger partial charge in [-0.25, -0.2) is 0 Å². The van der Waals surface area contributed by atoms with Crippen LogP contribution in [-0.2, 0) is 4.74 Å². The van der Waals surface area contributed by atoms with Crippen LogP contribution < -0.4 is 5.32 Å². The second kappa shape index (κ2) is 6.55. The second-order valence-corrected chi connectivity index (χ2v) is 11.1. The van der Waals surface area contributed by atoms with E-state index in [2.05, 4.69) is 60.7 Å². The number of hydrogen-bond donors (Lipinski definition) is 2. The van der Waals surface area contributed by atoms with Crippen molar-refractivity contribution in [3.63, 3.8) is 0 Å². The zero-order valence-electron chi connectivity index (χ0n) is 17.3. The highest BCUT2D eigenvalue weighted by molar-refractivity contribution is 5.11. The van der Waals surface area contributed by atoms with Crippen LogP contribution in [0.5, 0.6) is 0 Å². The average Bonchev–Trinajstić information content (AvgIpc) is 2.73. The van der Waals surface area contributed by atoms with Crippen molar-refractivity contribution in [2.45, 2.75) is 98.8 Å². The van der Waals surface area contributed by atoms with E-state index in [1.54, 1.807) is 0 Å². The van der Waals surface area contributed by atoms with Crippen molar-refractivity contribution >= 4 is 0 Å². The van der Waals surface area contributed by atoms with Gasteiger partial charge in [0.25, 0.3) is 0 Å². The van der Waals surface area contributed by atoms with E-state index in [1.807, 2.05) is 0 Å². The summed E-state index contributed by atoms with van der Waals surface area (Å²) < 4.78 is 6.21. The Hall–Kier alpha value is -0.120. The van der Waals surface area contributed by atoms with Crippen LogP contribution >= 0.6 is 0 Å². The molecule has 0 aromatic carbocycles. The Kier molecular flexibility index (Phi) is 5.52.